The molecule has 0 spiro atoms. The lowest BCUT2D eigenvalue weighted by molar-refractivity contribution is 0.325. The predicted molar refractivity (Wildman–Crippen MR) is 80.4 cm³/mol. The maximum atomic E-state index is 10.9. The Morgan fingerprint density at radius 1 is 1.05 bits per heavy atom. The van der Waals surface area contributed by atoms with Crippen molar-refractivity contribution in [3.05, 3.63) is 59.2 Å². The molecule has 1 aliphatic heterocycles. The van der Waals surface area contributed by atoms with Crippen LogP contribution < -0.4 is 4.74 Å². The highest BCUT2D eigenvalue weighted by atomic mass is 16.5. The summed E-state index contributed by atoms with van der Waals surface area (Å²) in [6.07, 6.45) is 4.46. The molecule has 0 N–H and O–H groups in total. The SMILES string of the molecule is Cc1ccc(-c2ccc3c(c2)C=C([C]=O)CCO3)cc1. The Morgan fingerprint density at radius 2 is 1.80 bits per heavy atom. The largest absolute Gasteiger partial charge is 0.493 e. The molecule has 1 aliphatic rings. The number of aryl methyl sites for hydroxylation is 1. The van der Waals surface area contributed by atoms with Crippen molar-refractivity contribution in [1.29, 1.82) is 0 Å². The second-order valence-electron chi connectivity index (χ2n) is 4.99. The van der Waals surface area contributed by atoms with E-state index in [0.29, 0.717) is 18.6 Å². The second-order valence-corrected chi connectivity index (χ2v) is 4.99. The third kappa shape index (κ3) is 2.50. The quantitative estimate of drug-likeness (QED) is 0.820. The molecule has 0 aliphatic carbocycles. The van der Waals surface area contributed by atoms with Crippen molar-refractivity contribution < 1.29 is 9.53 Å². The van der Waals surface area contributed by atoms with Crippen molar-refractivity contribution in [3.8, 4) is 16.9 Å². The Kier molecular flexibility index (Phi) is 3.38. The Labute approximate surface area is 118 Å². The van der Waals surface area contributed by atoms with Gasteiger partial charge < -0.3 is 4.74 Å². The van der Waals surface area contributed by atoms with E-state index in [2.05, 4.69) is 37.3 Å². The molecule has 0 aromatic heterocycles. The van der Waals surface area contributed by atoms with Crippen LogP contribution in [0.15, 0.2) is 48.0 Å². The van der Waals surface area contributed by atoms with Crippen molar-refractivity contribution in [1.82, 2.24) is 0 Å². The fourth-order valence-electron chi connectivity index (χ4n) is 2.33. The van der Waals surface area contributed by atoms with Gasteiger partial charge in [-0.1, -0.05) is 35.9 Å². The van der Waals surface area contributed by atoms with Crippen LogP contribution in [-0.2, 0) is 4.79 Å². The van der Waals surface area contributed by atoms with Gasteiger partial charge in [-0.05, 0) is 36.3 Å². The molecule has 2 aromatic carbocycles. The number of carbonyl (C=O) groups excluding carboxylic acids is 1. The Bertz CT molecular complexity index is 666. The third-order valence-electron chi connectivity index (χ3n) is 3.48. The molecule has 0 atom stereocenters. The number of ether oxygens (including phenoxy) is 1. The molecule has 0 fully saturated rings. The Morgan fingerprint density at radius 3 is 2.55 bits per heavy atom. The van der Waals surface area contributed by atoms with Crippen molar-refractivity contribution >= 4 is 12.4 Å². The van der Waals surface area contributed by atoms with Crippen LogP contribution >= 0.6 is 0 Å². The third-order valence-corrected chi connectivity index (χ3v) is 3.48. The van der Waals surface area contributed by atoms with Crippen LogP contribution in [0, 0.1) is 6.92 Å². The highest BCUT2D eigenvalue weighted by molar-refractivity contribution is 5.84. The van der Waals surface area contributed by atoms with Crippen LogP contribution in [0.3, 0.4) is 0 Å². The first kappa shape index (κ1) is 12.7. The van der Waals surface area contributed by atoms with E-state index >= 15 is 0 Å². The fourth-order valence-corrected chi connectivity index (χ4v) is 2.33. The average molecular weight is 263 g/mol. The van der Waals surface area contributed by atoms with Crippen molar-refractivity contribution in [3.63, 3.8) is 0 Å². The zero-order chi connectivity index (χ0) is 13.9. The van der Waals surface area contributed by atoms with Crippen LogP contribution in [0.2, 0.25) is 0 Å². The zero-order valence-corrected chi connectivity index (χ0v) is 11.3. The lowest BCUT2D eigenvalue weighted by atomic mass is 10.0. The first-order valence-electron chi connectivity index (χ1n) is 6.69. The molecule has 0 unspecified atom stereocenters. The summed E-state index contributed by atoms with van der Waals surface area (Å²) >= 11 is 0. The van der Waals surface area contributed by atoms with Gasteiger partial charge in [0.25, 0.3) is 0 Å². The fraction of sp³-hybridized carbons (Fsp3) is 0.167. The molecular formula is C18H15O2. The molecule has 3 rings (SSSR count). The van der Waals surface area contributed by atoms with E-state index in [9.17, 15) is 4.79 Å². The summed E-state index contributed by atoms with van der Waals surface area (Å²) in [5.74, 6) is 0.825. The van der Waals surface area contributed by atoms with Gasteiger partial charge in [-0.25, -0.2) is 0 Å². The monoisotopic (exact) mass is 263 g/mol. The van der Waals surface area contributed by atoms with Gasteiger partial charge in [0.2, 0.25) is 6.29 Å². The molecule has 2 nitrogen and oxygen atoms in total. The van der Waals surface area contributed by atoms with Gasteiger partial charge in [0, 0.05) is 17.6 Å². The van der Waals surface area contributed by atoms with Gasteiger partial charge in [0.1, 0.15) is 5.75 Å². The summed E-state index contributed by atoms with van der Waals surface area (Å²) in [7, 11) is 0. The molecule has 2 aromatic rings. The maximum Gasteiger partial charge on any atom is 0.229 e. The van der Waals surface area contributed by atoms with E-state index in [4.69, 9.17) is 4.74 Å². The zero-order valence-electron chi connectivity index (χ0n) is 11.3. The minimum absolute atomic E-state index is 0.526. The predicted octanol–water partition coefficient (Wildman–Crippen LogP) is 3.94. The summed E-state index contributed by atoms with van der Waals surface area (Å²) in [5, 5.41) is 0. The standard InChI is InChI=1S/C18H15O2/c1-13-2-4-15(5-3-13)16-6-7-18-17(11-16)10-14(12-19)8-9-20-18/h2-7,10-11H,8-9H2,1H3. The summed E-state index contributed by atoms with van der Waals surface area (Å²) in [6.45, 7) is 2.60. The van der Waals surface area contributed by atoms with E-state index in [-0.39, 0.29) is 0 Å². The van der Waals surface area contributed by atoms with Gasteiger partial charge in [0.15, 0.2) is 0 Å². The highest BCUT2D eigenvalue weighted by Crippen LogP contribution is 2.30. The van der Waals surface area contributed by atoms with Crippen LogP contribution in [0.5, 0.6) is 5.75 Å². The number of hydrogen-bond acceptors (Lipinski definition) is 2. The molecule has 1 radical (unpaired) electrons. The Balaban J connectivity index is 2.05. The molecular weight excluding hydrogens is 248 g/mol. The van der Waals surface area contributed by atoms with E-state index in [1.165, 1.54) is 5.56 Å². The van der Waals surface area contributed by atoms with Crippen LogP contribution in [0.25, 0.3) is 17.2 Å². The topological polar surface area (TPSA) is 26.3 Å². The number of fused-ring (bicyclic) bond motifs is 1. The van der Waals surface area contributed by atoms with Crippen molar-refractivity contribution in [2.24, 2.45) is 0 Å². The first-order valence-corrected chi connectivity index (χ1v) is 6.69. The summed E-state index contributed by atoms with van der Waals surface area (Å²) < 4.78 is 5.66. The molecule has 2 heteroatoms. The second kappa shape index (κ2) is 5.33. The normalized spacial score (nSPS) is 13.8. The van der Waals surface area contributed by atoms with Crippen LogP contribution in [-0.4, -0.2) is 12.9 Å². The van der Waals surface area contributed by atoms with Crippen LogP contribution in [0.4, 0.5) is 0 Å². The van der Waals surface area contributed by atoms with Crippen LogP contribution in [0.1, 0.15) is 17.5 Å². The van der Waals surface area contributed by atoms with Gasteiger partial charge in [0.05, 0.1) is 6.61 Å². The molecule has 99 valence electrons. The van der Waals surface area contributed by atoms with Gasteiger partial charge in [-0.3, -0.25) is 4.79 Å². The van der Waals surface area contributed by atoms with Crippen molar-refractivity contribution in [2.75, 3.05) is 6.61 Å². The first-order chi connectivity index (χ1) is 9.76. The summed E-state index contributed by atoms with van der Waals surface area (Å²) in [4.78, 5) is 10.9. The lowest BCUT2D eigenvalue weighted by Gasteiger charge is -2.09. The molecule has 0 saturated carbocycles. The molecule has 0 bridgehead atoms. The highest BCUT2D eigenvalue weighted by Gasteiger charge is 2.11. The smallest absolute Gasteiger partial charge is 0.229 e. The Hall–Kier alpha value is -2.35. The summed E-state index contributed by atoms with van der Waals surface area (Å²) in [6, 6.07) is 14.5. The number of hydrogen-bond donors (Lipinski definition) is 0. The average Bonchev–Trinajstić information content (AvgIpc) is 2.69. The van der Waals surface area contributed by atoms with Gasteiger partial charge in [-0.2, -0.15) is 0 Å². The molecule has 0 amide bonds. The minimum Gasteiger partial charge on any atom is -0.493 e. The van der Waals surface area contributed by atoms with E-state index in [1.807, 2.05) is 24.5 Å². The van der Waals surface area contributed by atoms with Crippen molar-refractivity contribution in [2.45, 2.75) is 13.3 Å². The lowest BCUT2D eigenvalue weighted by Crippen LogP contribution is -1.97. The molecule has 0 saturated heterocycles. The van der Waals surface area contributed by atoms with Gasteiger partial charge in [-0.15, -0.1) is 0 Å². The van der Waals surface area contributed by atoms with E-state index in [0.717, 1.165) is 22.4 Å². The number of rotatable bonds is 2. The summed E-state index contributed by atoms with van der Waals surface area (Å²) in [5.41, 5.74) is 5.12. The van der Waals surface area contributed by atoms with E-state index in [1.54, 1.807) is 0 Å². The molecule has 1 heterocycles. The van der Waals surface area contributed by atoms with Gasteiger partial charge >= 0.3 is 0 Å². The minimum atomic E-state index is 0.526. The molecule has 20 heavy (non-hydrogen) atoms. The maximum absolute atomic E-state index is 10.9. The number of benzene rings is 2. The van der Waals surface area contributed by atoms with E-state index < -0.39 is 0 Å².